The number of benzene rings is 3. The second-order valence-electron chi connectivity index (χ2n) is 8.19. The highest BCUT2D eigenvalue weighted by Gasteiger charge is 1.96. The summed E-state index contributed by atoms with van der Waals surface area (Å²) in [4.78, 5) is 0. The molecule has 0 spiro atoms. The van der Waals surface area contributed by atoms with Crippen molar-refractivity contribution in [3.05, 3.63) is 119 Å². The predicted molar refractivity (Wildman–Crippen MR) is 138 cm³/mol. The fourth-order valence-electron chi connectivity index (χ4n) is 2.44. The summed E-state index contributed by atoms with van der Waals surface area (Å²) in [5.41, 5.74) is 6.84. The lowest BCUT2D eigenvalue weighted by Gasteiger charge is -2.03. The maximum absolute atomic E-state index is 3.36. The molecule has 0 saturated heterocycles. The Labute approximate surface area is 186 Å². The molecule has 0 saturated carbocycles. The summed E-state index contributed by atoms with van der Waals surface area (Å²) < 4.78 is 0. The van der Waals surface area contributed by atoms with E-state index in [1.54, 1.807) is 6.08 Å². The van der Waals surface area contributed by atoms with Gasteiger partial charge in [-0.2, -0.15) is 0 Å². The third-order valence-electron chi connectivity index (χ3n) is 4.43. The molecule has 0 aliphatic carbocycles. The monoisotopic (exact) mass is 402 g/mol. The highest BCUT2D eigenvalue weighted by atomic mass is 14.0. The van der Waals surface area contributed by atoms with Crippen LogP contribution in [0.15, 0.2) is 91.5 Å². The smallest absolute Gasteiger partial charge is 0.0219 e. The molecule has 0 heteroatoms. The molecule has 0 aromatic heterocycles. The van der Waals surface area contributed by atoms with Crippen LogP contribution in [-0.2, 0) is 0 Å². The first kappa shape index (κ1) is 27.4. The van der Waals surface area contributed by atoms with E-state index >= 15 is 0 Å². The predicted octanol–water partition coefficient (Wildman–Crippen LogP) is 9.42. The lowest BCUT2D eigenvalue weighted by atomic mass is 10.0. The average Bonchev–Trinajstić information content (AvgIpc) is 2.71. The van der Waals surface area contributed by atoms with Crippen LogP contribution >= 0.6 is 0 Å². The summed E-state index contributed by atoms with van der Waals surface area (Å²) in [6.07, 6.45) is 1.75. The molecule has 0 nitrogen and oxygen atoms in total. The second-order valence-corrected chi connectivity index (χ2v) is 8.19. The van der Waals surface area contributed by atoms with Crippen molar-refractivity contribution in [1.82, 2.24) is 0 Å². The van der Waals surface area contributed by atoms with Crippen LogP contribution in [0.5, 0.6) is 0 Å². The fraction of sp³-hybridized carbons (Fsp3) is 0.333. The zero-order chi connectivity index (χ0) is 22.9. The van der Waals surface area contributed by atoms with Crippen molar-refractivity contribution in [2.45, 2.75) is 67.2 Å². The van der Waals surface area contributed by atoms with E-state index in [1.807, 2.05) is 25.1 Å². The lowest BCUT2D eigenvalue weighted by molar-refractivity contribution is 0.866. The van der Waals surface area contributed by atoms with E-state index in [-0.39, 0.29) is 0 Å². The van der Waals surface area contributed by atoms with Gasteiger partial charge in [0.1, 0.15) is 0 Å². The molecule has 0 amide bonds. The van der Waals surface area contributed by atoms with Crippen molar-refractivity contribution in [2.75, 3.05) is 0 Å². The van der Waals surface area contributed by atoms with Crippen molar-refractivity contribution < 1.29 is 0 Å². The molecule has 0 atom stereocenters. The van der Waals surface area contributed by atoms with Crippen molar-refractivity contribution in [1.29, 1.82) is 0 Å². The van der Waals surface area contributed by atoms with E-state index in [1.165, 1.54) is 27.8 Å². The van der Waals surface area contributed by atoms with E-state index in [0.717, 1.165) is 0 Å². The van der Waals surface area contributed by atoms with Gasteiger partial charge in [-0.1, -0.05) is 129 Å². The van der Waals surface area contributed by atoms with Gasteiger partial charge >= 0.3 is 0 Å². The van der Waals surface area contributed by atoms with E-state index in [4.69, 9.17) is 0 Å². The molecule has 0 heterocycles. The van der Waals surface area contributed by atoms with Crippen LogP contribution in [0.25, 0.3) is 0 Å². The average molecular weight is 403 g/mol. The van der Waals surface area contributed by atoms with Crippen molar-refractivity contribution in [2.24, 2.45) is 0 Å². The standard InChI is InChI=1S/2C10H14.C7H8.C3H6/c2*1-8(2)10-6-4-9(3)5-7-10;1-7-5-3-2-4-6-7;1-3-2/h2*4-8H,1-3H3;2-6H,1H3;3H,1H2,2H3. The van der Waals surface area contributed by atoms with Crippen LogP contribution in [-0.4, -0.2) is 0 Å². The molecule has 3 aromatic rings. The zero-order valence-electron chi connectivity index (χ0n) is 20.4. The molecule has 162 valence electrons. The number of allylic oxidation sites excluding steroid dienone is 1. The Morgan fingerprint density at radius 3 is 1.00 bits per heavy atom. The van der Waals surface area contributed by atoms with Gasteiger partial charge in [0.15, 0.2) is 0 Å². The molecule has 0 aliphatic heterocycles. The summed E-state index contributed by atoms with van der Waals surface area (Å²) in [5, 5.41) is 0. The van der Waals surface area contributed by atoms with Gasteiger partial charge in [0, 0.05) is 0 Å². The van der Waals surface area contributed by atoms with Gasteiger partial charge in [0.25, 0.3) is 0 Å². The Balaban J connectivity index is 0.000000400. The normalized spacial score (nSPS) is 9.40. The summed E-state index contributed by atoms with van der Waals surface area (Å²) in [7, 11) is 0. The molecule has 0 bridgehead atoms. The molecular weight excluding hydrogens is 360 g/mol. The van der Waals surface area contributed by atoms with Crippen LogP contribution in [0, 0.1) is 20.8 Å². The summed E-state index contributed by atoms with van der Waals surface area (Å²) >= 11 is 0. The molecule has 0 aliphatic rings. The van der Waals surface area contributed by atoms with Gasteiger partial charge in [0.05, 0.1) is 0 Å². The third-order valence-corrected chi connectivity index (χ3v) is 4.43. The quantitative estimate of drug-likeness (QED) is 0.374. The molecule has 0 radical (unpaired) electrons. The van der Waals surface area contributed by atoms with Crippen molar-refractivity contribution in [3.8, 4) is 0 Å². The number of hydrogen-bond donors (Lipinski definition) is 0. The van der Waals surface area contributed by atoms with Crippen LogP contribution in [0.1, 0.15) is 74.3 Å². The number of hydrogen-bond acceptors (Lipinski definition) is 0. The topological polar surface area (TPSA) is 0 Å². The Kier molecular flexibility index (Phi) is 14.8. The molecule has 3 rings (SSSR count). The van der Waals surface area contributed by atoms with E-state index in [9.17, 15) is 0 Å². The van der Waals surface area contributed by atoms with Crippen molar-refractivity contribution >= 4 is 0 Å². The van der Waals surface area contributed by atoms with Crippen LogP contribution < -0.4 is 0 Å². The number of rotatable bonds is 2. The van der Waals surface area contributed by atoms with Crippen LogP contribution in [0.4, 0.5) is 0 Å². The van der Waals surface area contributed by atoms with Gasteiger partial charge in [-0.15, -0.1) is 6.58 Å². The first-order valence-electron chi connectivity index (χ1n) is 10.9. The molecule has 30 heavy (non-hydrogen) atoms. The first-order chi connectivity index (χ1) is 14.2. The van der Waals surface area contributed by atoms with Crippen LogP contribution in [0.3, 0.4) is 0 Å². The molecular formula is C30H42. The molecule has 0 N–H and O–H groups in total. The SMILES string of the molecule is C=CC.Cc1ccc(C(C)C)cc1.Cc1ccc(C(C)C)cc1.Cc1ccccc1. The van der Waals surface area contributed by atoms with E-state index in [2.05, 4.69) is 116 Å². The summed E-state index contributed by atoms with van der Waals surface area (Å²) in [5.74, 6) is 1.31. The van der Waals surface area contributed by atoms with Gasteiger partial charge in [-0.05, 0) is 50.7 Å². The third kappa shape index (κ3) is 13.6. The largest absolute Gasteiger partial charge is 0.103 e. The van der Waals surface area contributed by atoms with Gasteiger partial charge < -0.3 is 0 Å². The first-order valence-corrected chi connectivity index (χ1v) is 10.9. The van der Waals surface area contributed by atoms with Crippen LogP contribution in [0.2, 0.25) is 0 Å². The maximum atomic E-state index is 3.36. The Morgan fingerprint density at radius 2 is 0.800 bits per heavy atom. The highest BCUT2D eigenvalue weighted by Crippen LogP contribution is 2.14. The van der Waals surface area contributed by atoms with E-state index in [0.29, 0.717) is 11.8 Å². The molecule has 3 aromatic carbocycles. The Bertz CT molecular complexity index is 726. The maximum Gasteiger partial charge on any atom is -0.0219 e. The number of aryl methyl sites for hydroxylation is 3. The van der Waals surface area contributed by atoms with Gasteiger partial charge in [-0.25, -0.2) is 0 Å². The minimum Gasteiger partial charge on any atom is -0.103 e. The Hall–Kier alpha value is -2.60. The summed E-state index contributed by atoms with van der Waals surface area (Å²) in [6.45, 7) is 20.4. The zero-order valence-corrected chi connectivity index (χ0v) is 20.4. The minimum absolute atomic E-state index is 0.653. The van der Waals surface area contributed by atoms with Gasteiger partial charge in [0.2, 0.25) is 0 Å². The summed E-state index contributed by atoms with van der Waals surface area (Å²) in [6, 6.07) is 27.7. The fourth-order valence-corrected chi connectivity index (χ4v) is 2.44. The minimum atomic E-state index is 0.653. The molecule has 0 fully saturated rings. The highest BCUT2D eigenvalue weighted by molar-refractivity contribution is 5.24. The Morgan fingerprint density at radius 1 is 0.533 bits per heavy atom. The van der Waals surface area contributed by atoms with Gasteiger partial charge in [-0.3, -0.25) is 0 Å². The molecule has 0 unspecified atom stereocenters. The second kappa shape index (κ2) is 16.2. The lowest BCUT2D eigenvalue weighted by Crippen LogP contribution is -1.85. The van der Waals surface area contributed by atoms with E-state index < -0.39 is 0 Å². The van der Waals surface area contributed by atoms with Crippen molar-refractivity contribution in [3.63, 3.8) is 0 Å².